The molecule has 2 aromatic carbocycles. The number of halogens is 1. The largest absolute Gasteiger partial charge is 0.391 e. The summed E-state index contributed by atoms with van der Waals surface area (Å²) in [6.45, 7) is 0.345. The van der Waals surface area contributed by atoms with Crippen LogP contribution < -0.4 is 0 Å². The number of thiol groups is 1. The third-order valence-corrected chi connectivity index (χ3v) is 7.76. The minimum absolute atomic E-state index is 0.0169. The summed E-state index contributed by atoms with van der Waals surface area (Å²) in [5.74, 6) is 0. The average Bonchev–Trinajstić information content (AvgIpc) is 3.14. The fraction of sp³-hybridized carbons (Fsp3) is 0.391. The van der Waals surface area contributed by atoms with Crippen molar-refractivity contribution in [1.29, 1.82) is 0 Å². The Labute approximate surface area is 185 Å². The van der Waals surface area contributed by atoms with Crippen LogP contribution in [-0.4, -0.2) is 51.5 Å². The molecule has 5 nitrogen and oxygen atoms in total. The summed E-state index contributed by atoms with van der Waals surface area (Å²) < 4.78 is 5.37. The van der Waals surface area contributed by atoms with Gasteiger partial charge in [0.2, 0.25) is 0 Å². The van der Waals surface area contributed by atoms with Crippen LogP contribution >= 0.6 is 11.6 Å². The molecule has 4 N–H and O–H groups in total. The van der Waals surface area contributed by atoms with Gasteiger partial charge in [-0.3, -0.25) is 0 Å². The van der Waals surface area contributed by atoms with Crippen LogP contribution in [0.2, 0.25) is 5.02 Å². The zero-order valence-electron chi connectivity index (χ0n) is 16.8. The van der Waals surface area contributed by atoms with Crippen molar-refractivity contribution in [3.8, 4) is 0 Å². The number of rotatable bonds is 6. The van der Waals surface area contributed by atoms with Crippen molar-refractivity contribution in [1.82, 2.24) is 4.98 Å². The smallest absolute Gasteiger partial charge is 0.169 e. The van der Waals surface area contributed by atoms with Crippen LogP contribution in [0.3, 0.4) is 0 Å². The van der Waals surface area contributed by atoms with Crippen molar-refractivity contribution in [3.05, 3.63) is 69.9 Å². The lowest BCUT2D eigenvalue weighted by Crippen LogP contribution is -2.44. The van der Waals surface area contributed by atoms with Crippen molar-refractivity contribution < 1.29 is 20.1 Å². The molecule has 3 aromatic rings. The molecule has 4 atom stereocenters. The standard InChI is InChI=1S/C23H26ClNO4S/c1-29-12-15-9-19(24)14(7-16-6-13-4-2-3-5-20(13)25-16)8-18(15)23-22(28)21(27)10-17(11-26)30-23/h2-6,8-9,17,21-23,25-28H,7,10-12H2,1H3/p+1/t17-,21?,22+,23?/m0/s1. The van der Waals surface area contributed by atoms with E-state index in [-0.39, 0.29) is 17.1 Å². The number of methoxy groups -OCH3 is 1. The van der Waals surface area contributed by atoms with E-state index in [1.807, 2.05) is 30.3 Å². The van der Waals surface area contributed by atoms with Gasteiger partial charge in [-0.25, -0.2) is 0 Å². The molecule has 1 saturated heterocycles. The lowest BCUT2D eigenvalue weighted by atomic mass is 9.93. The minimum Gasteiger partial charge on any atom is -0.391 e. The second-order valence-electron chi connectivity index (χ2n) is 7.86. The maximum absolute atomic E-state index is 10.7. The molecule has 1 aromatic heterocycles. The molecule has 30 heavy (non-hydrogen) atoms. The molecule has 160 valence electrons. The fourth-order valence-corrected chi connectivity index (χ4v) is 6.11. The monoisotopic (exact) mass is 448 g/mol. The number of benzene rings is 2. The predicted octanol–water partition coefficient (Wildman–Crippen LogP) is 2.90. The second-order valence-corrected chi connectivity index (χ2v) is 9.85. The van der Waals surface area contributed by atoms with Gasteiger partial charge >= 0.3 is 0 Å². The molecule has 0 saturated carbocycles. The second kappa shape index (κ2) is 9.30. The fourth-order valence-electron chi connectivity index (χ4n) is 4.19. The van der Waals surface area contributed by atoms with Gasteiger partial charge in [-0.1, -0.05) is 29.8 Å². The number of para-hydroxylation sites is 1. The molecule has 0 radical (unpaired) electrons. The molecule has 2 heterocycles. The number of aliphatic hydroxyl groups is 3. The Morgan fingerprint density at radius 2 is 1.97 bits per heavy atom. The molecule has 0 bridgehead atoms. The van der Waals surface area contributed by atoms with Gasteiger partial charge in [0.1, 0.15) is 11.4 Å². The van der Waals surface area contributed by atoms with E-state index in [1.165, 1.54) is 0 Å². The van der Waals surface area contributed by atoms with Crippen LogP contribution in [0, 0.1) is 0 Å². The summed E-state index contributed by atoms with van der Waals surface area (Å²) in [7, 11) is 1.62. The highest BCUT2D eigenvalue weighted by Crippen LogP contribution is 2.37. The molecule has 1 fully saturated rings. The first-order valence-corrected chi connectivity index (χ1v) is 11.4. The molecule has 1 aliphatic rings. The summed E-state index contributed by atoms with van der Waals surface area (Å²) >= 11 is 7.53. The number of hydrogen-bond acceptors (Lipinski definition) is 4. The van der Waals surface area contributed by atoms with Gasteiger partial charge in [0.15, 0.2) is 5.25 Å². The molecular weight excluding hydrogens is 422 g/mol. The highest BCUT2D eigenvalue weighted by molar-refractivity contribution is 7.79. The molecule has 0 spiro atoms. The highest BCUT2D eigenvalue weighted by Gasteiger charge is 2.44. The van der Waals surface area contributed by atoms with Gasteiger partial charge in [-0.2, -0.15) is 0 Å². The van der Waals surface area contributed by atoms with Crippen LogP contribution in [0.1, 0.15) is 34.1 Å². The number of nitrogens with one attached hydrogen (secondary N) is 1. The Bertz CT molecular complexity index is 991. The lowest BCUT2D eigenvalue weighted by Gasteiger charge is -2.31. The normalized spacial score (nSPS) is 24.4. The molecule has 0 amide bonds. The van der Waals surface area contributed by atoms with Crippen LogP contribution in [0.4, 0.5) is 0 Å². The zero-order chi connectivity index (χ0) is 21.3. The SMILES string of the molecule is COCc1cc(Cl)c(Cc2cc3ccccc3[nH]2)cc1C1[SH+][C@H](CO)CC(O)[C@H]1O. The van der Waals surface area contributed by atoms with E-state index in [4.69, 9.17) is 16.3 Å². The summed E-state index contributed by atoms with van der Waals surface area (Å²) in [6, 6.07) is 14.2. The molecule has 0 aliphatic carbocycles. The summed E-state index contributed by atoms with van der Waals surface area (Å²) in [5, 5.41) is 32.1. The van der Waals surface area contributed by atoms with Gasteiger partial charge in [0, 0.05) is 41.7 Å². The minimum atomic E-state index is -0.896. The maximum atomic E-state index is 10.7. The van der Waals surface area contributed by atoms with Crippen LogP contribution in [0.5, 0.6) is 0 Å². The van der Waals surface area contributed by atoms with Crippen molar-refractivity contribution in [2.45, 2.75) is 42.2 Å². The van der Waals surface area contributed by atoms with Crippen molar-refractivity contribution in [2.75, 3.05) is 13.7 Å². The van der Waals surface area contributed by atoms with Crippen LogP contribution in [-0.2, 0) is 29.5 Å². The van der Waals surface area contributed by atoms with Crippen molar-refractivity contribution in [3.63, 3.8) is 0 Å². The zero-order valence-corrected chi connectivity index (χ0v) is 18.4. The topological polar surface area (TPSA) is 85.7 Å². The Morgan fingerprint density at radius 1 is 1.17 bits per heavy atom. The first kappa shape index (κ1) is 21.7. The average molecular weight is 449 g/mol. The quantitative estimate of drug-likeness (QED) is 0.345. The first-order valence-electron chi connectivity index (χ1n) is 10.0. The number of aliphatic hydroxyl groups excluding tert-OH is 3. The summed E-state index contributed by atoms with van der Waals surface area (Å²) in [4.78, 5) is 3.43. The first-order chi connectivity index (χ1) is 14.5. The van der Waals surface area contributed by atoms with Crippen molar-refractivity contribution in [2.24, 2.45) is 0 Å². The van der Waals surface area contributed by atoms with E-state index >= 15 is 0 Å². The number of aromatic amines is 1. The molecule has 1 aliphatic heterocycles. The summed E-state index contributed by atoms with van der Waals surface area (Å²) in [5.41, 5.74) is 4.89. The van der Waals surface area contributed by atoms with E-state index in [9.17, 15) is 15.3 Å². The van der Waals surface area contributed by atoms with Gasteiger partial charge in [-0.05, 0) is 52.5 Å². The maximum Gasteiger partial charge on any atom is 0.169 e. The predicted molar refractivity (Wildman–Crippen MR) is 122 cm³/mol. The summed E-state index contributed by atoms with van der Waals surface area (Å²) in [6.07, 6.45) is -0.742. The van der Waals surface area contributed by atoms with Crippen molar-refractivity contribution >= 4 is 34.3 Å². The Morgan fingerprint density at radius 3 is 2.70 bits per heavy atom. The van der Waals surface area contributed by atoms with Gasteiger partial charge in [0.25, 0.3) is 0 Å². The van der Waals surface area contributed by atoms with Gasteiger partial charge in [-0.15, -0.1) is 0 Å². The number of H-pyrrole nitrogens is 1. The lowest BCUT2D eigenvalue weighted by molar-refractivity contribution is 0.00451. The van der Waals surface area contributed by atoms with Gasteiger partial charge in [0.05, 0.1) is 19.3 Å². The number of ether oxygens (including phenoxy) is 1. The number of fused-ring (bicyclic) bond motifs is 1. The van der Waals surface area contributed by atoms with E-state index < -0.39 is 12.2 Å². The van der Waals surface area contributed by atoms with E-state index in [2.05, 4.69) is 17.1 Å². The van der Waals surface area contributed by atoms with E-state index in [0.717, 1.165) is 45.0 Å². The van der Waals surface area contributed by atoms with Crippen LogP contribution in [0.15, 0.2) is 42.5 Å². The third kappa shape index (κ3) is 4.40. The molecular formula is C23H27ClNO4S+. The van der Waals surface area contributed by atoms with E-state index in [1.54, 1.807) is 7.11 Å². The third-order valence-electron chi connectivity index (χ3n) is 5.71. The highest BCUT2D eigenvalue weighted by atomic mass is 35.5. The Balaban J connectivity index is 1.71. The van der Waals surface area contributed by atoms with Gasteiger partial charge < -0.3 is 25.0 Å². The Hall–Kier alpha value is -1.54. The van der Waals surface area contributed by atoms with Crippen LogP contribution in [0.25, 0.3) is 10.9 Å². The number of hydrogen-bond donors (Lipinski definition) is 4. The molecule has 4 rings (SSSR count). The molecule has 7 heteroatoms. The van der Waals surface area contributed by atoms with E-state index in [0.29, 0.717) is 24.5 Å². The number of aromatic nitrogens is 1. The Kier molecular flexibility index (Phi) is 6.72. The molecule has 2 unspecified atom stereocenters.